The van der Waals surface area contributed by atoms with Gasteiger partial charge in [-0.05, 0) is 30.5 Å². The van der Waals surface area contributed by atoms with Gasteiger partial charge in [-0.3, -0.25) is 4.79 Å². The number of ether oxygens (including phenoxy) is 1. The van der Waals surface area contributed by atoms with E-state index in [0.29, 0.717) is 11.4 Å². The van der Waals surface area contributed by atoms with Crippen LogP contribution in [0, 0.1) is 0 Å². The van der Waals surface area contributed by atoms with E-state index in [2.05, 4.69) is 16.0 Å². The summed E-state index contributed by atoms with van der Waals surface area (Å²) in [6, 6.07) is 10.3. The highest BCUT2D eigenvalue weighted by Crippen LogP contribution is 2.18. The summed E-state index contributed by atoms with van der Waals surface area (Å²) in [5, 5.41) is 9.95. The van der Waals surface area contributed by atoms with Gasteiger partial charge in [-0.15, -0.1) is 11.3 Å². The van der Waals surface area contributed by atoms with Crippen molar-refractivity contribution in [3.63, 3.8) is 0 Å². The molecule has 1 aromatic heterocycles. The quantitative estimate of drug-likeness (QED) is 0.760. The number of benzene rings is 1. The van der Waals surface area contributed by atoms with Gasteiger partial charge in [0.2, 0.25) is 5.91 Å². The number of hydrogen-bond acceptors (Lipinski definition) is 4. The van der Waals surface area contributed by atoms with E-state index >= 15 is 0 Å². The zero-order valence-corrected chi connectivity index (χ0v) is 13.8. The fourth-order valence-electron chi connectivity index (χ4n) is 1.94. The molecule has 0 saturated heterocycles. The summed E-state index contributed by atoms with van der Waals surface area (Å²) in [4.78, 5) is 24.7. The van der Waals surface area contributed by atoms with Crippen LogP contribution in [-0.4, -0.2) is 25.6 Å². The van der Waals surface area contributed by atoms with Crippen molar-refractivity contribution in [2.75, 3.05) is 19.0 Å². The molecule has 0 spiro atoms. The van der Waals surface area contributed by atoms with Gasteiger partial charge in [0.25, 0.3) is 0 Å². The molecular formula is C16H19N3O3S. The third-order valence-electron chi connectivity index (χ3n) is 3.08. The second-order valence-corrected chi connectivity index (χ2v) is 5.82. The molecule has 0 bridgehead atoms. The van der Waals surface area contributed by atoms with Crippen LogP contribution in [0.2, 0.25) is 0 Å². The van der Waals surface area contributed by atoms with E-state index in [4.69, 9.17) is 4.74 Å². The maximum atomic E-state index is 11.8. The van der Waals surface area contributed by atoms with Crippen LogP contribution < -0.4 is 20.7 Å². The maximum Gasteiger partial charge on any atom is 0.319 e. The average Bonchev–Trinajstić information content (AvgIpc) is 3.07. The number of rotatable bonds is 6. The van der Waals surface area contributed by atoms with Crippen LogP contribution in [0.3, 0.4) is 0 Å². The van der Waals surface area contributed by atoms with Crippen molar-refractivity contribution < 1.29 is 14.3 Å². The summed E-state index contributed by atoms with van der Waals surface area (Å²) in [7, 11) is 1.55. The largest absolute Gasteiger partial charge is 0.497 e. The number of amides is 3. The first-order chi connectivity index (χ1) is 11.1. The van der Waals surface area contributed by atoms with E-state index < -0.39 is 6.03 Å². The molecule has 122 valence electrons. The second-order valence-electron chi connectivity index (χ2n) is 4.84. The molecule has 0 aliphatic carbocycles. The molecule has 1 atom stereocenters. The SMILES string of the molecule is COc1cccc(NC(=O)NCC(=O)N[C@@H](C)c2cccs2)c1. The van der Waals surface area contributed by atoms with Crippen LogP contribution in [-0.2, 0) is 4.79 Å². The highest BCUT2D eigenvalue weighted by molar-refractivity contribution is 7.10. The zero-order valence-electron chi connectivity index (χ0n) is 13.0. The average molecular weight is 333 g/mol. The predicted octanol–water partition coefficient (Wildman–Crippen LogP) is 2.76. The molecule has 0 saturated carbocycles. The summed E-state index contributed by atoms with van der Waals surface area (Å²) in [5.41, 5.74) is 0.592. The lowest BCUT2D eigenvalue weighted by Crippen LogP contribution is -2.39. The molecule has 0 aliphatic heterocycles. The Morgan fingerprint density at radius 1 is 1.26 bits per heavy atom. The van der Waals surface area contributed by atoms with Gasteiger partial charge in [0, 0.05) is 16.6 Å². The molecule has 0 unspecified atom stereocenters. The topological polar surface area (TPSA) is 79.5 Å². The van der Waals surface area contributed by atoms with Crippen molar-refractivity contribution >= 4 is 29.0 Å². The van der Waals surface area contributed by atoms with Crippen molar-refractivity contribution in [3.8, 4) is 5.75 Å². The molecule has 0 aliphatic rings. The van der Waals surface area contributed by atoms with Gasteiger partial charge in [-0.1, -0.05) is 12.1 Å². The molecule has 3 N–H and O–H groups in total. The summed E-state index contributed by atoms with van der Waals surface area (Å²) in [5.74, 6) is 0.400. The lowest BCUT2D eigenvalue weighted by Gasteiger charge is -2.13. The van der Waals surface area contributed by atoms with Gasteiger partial charge in [0.05, 0.1) is 19.7 Å². The molecule has 1 heterocycles. The second kappa shape index (κ2) is 8.19. The van der Waals surface area contributed by atoms with Crippen LogP contribution in [0.5, 0.6) is 5.75 Å². The van der Waals surface area contributed by atoms with Crippen molar-refractivity contribution in [1.82, 2.24) is 10.6 Å². The van der Waals surface area contributed by atoms with Gasteiger partial charge in [-0.2, -0.15) is 0 Å². The molecule has 7 heteroatoms. The molecule has 1 aromatic carbocycles. The van der Waals surface area contributed by atoms with Gasteiger partial charge < -0.3 is 20.7 Å². The summed E-state index contributed by atoms with van der Waals surface area (Å²) >= 11 is 1.58. The Hall–Kier alpha value is -2.54. The third-order valence-corrected chi connectivity index (χ3v) is 4.14. The van der Waals surface area contributed by atoms with Crippen LogP contribution in [0.1, 0.15) is 17.8 Å². The first-order valence-corrected chi connectivity index (χ1v) is 7.98. The minimum atomic E-state index is -0.447. The smallest absolute Gasteiger partial charge is 0.319 e. The van der Waals surface area contributed by atoms with Crippen LogP contribution in [0.15, 0.2) is 41.8 Å². The van der Waals surface area contributed by atoms with E-state index in [0.717, 1.165) is 4.88 Å². The number of urea groups is 1. The van der Waals surface area contributed by atoms with Crippen LogP contribution in [0.4, 0.5) is 10.5 Å². The number of hydrogen-bond donors (Lipinski definition) is 3. The Bertz CT molecular complexity index is 658. The molecule has 3 amide bonds. The fraction of sp³-hybridized carbons (Fsp3) is 0.250. The summed E-state index contributed by atoms with van der Waals surface area (Å²) < 4.78 is 5.08. The van der Waals surface area contributed by atoms with E-state index in [-0.39, 0.29) is 18.5 Å². The van der Waals surface area contributed by atoms with Gasteiger partial charge >= 0.3 is 6.03 Å². The molecule has 0 fully saturated rings. The highest BCUT2D eigenvalue weighted by atomic mass is 32.1. The number of anilines is 1. The summed E-state index contributed by atoms with van der Waals surface area (Å²) in [6.45, 7) is 1.81. The monoisotopic (exact) mass is 333 g/mol. The Morgan fingerprint density at radius 2 is 2.09 bits per heavy atom. The van der Waals surface area contributed by atoms with E-state index in [1.807, 2.05) is 24.4 Å². The highest BCUT2D eigenvalue weighted by Gasteiger charge is 2.11. The van der Waals surface area contributed by atoms with Crippen molar-refractivity contribution in [3.05, 3.63) is 46.7 Å². The first kappa shape index (κ1) is 16.8. The fourth-order valence-corrected chi connectivity index (χ4v) is 2.67. The Morgan fingerprint density at radius 3 is 2.78 bits per heavy atom. The van der Waals surface area contributed by atoms with Crippen molar-refractivity contribution in [2.24, 2.45) is 0 Å². The third kappa shape index (κ3) is 5.30. The zero-order chi connectivity index (χ0) is 16.7. The van der Waals surface area contributed by atoms with Crippen LogP contribution in [0.25, 0.3) is 0 Å². The molecule has 0 radical (unpaired) electrons. The van der Waals surface area contributed by atoms with Crippen molar-refractivity contribution in [1.29, 1.82) is 0 Å². The minimum Gasteiger partial charge on any atom is -0.497 e. The molecule has 2 rings (SSSR count). The van der Waals surface area contributed by atoms with E-state index in [1.165, 1.54) is 0 Å². The van der Waals surface area contributed by atoms with E-state index in [9.17, 15) is 9.59 Å². The first-order valence-electron chi connectivity index (χ1n) is 7.10. The molecule has 6 nitrogen and oxygen atoms in total. The van der Waals surface area contributed by atoms with Crippen molar-refractivity contribution in [2.45, 2.75) is 13.0 Å². The molecule has 23 heavy (non-hydrogen) atoms. The maximum absolute atomic E-state index is 11.8. The number of carbonyl (C=O) groups is 2. The van der Waals surface area contributed by atoms with Gasteiger partial charge in [-0.25, -0.2) is 4.79 Å². The number of carbonyl (C=O) groups excluding carboxylic acids is 2. The van der Waals surface area contributed by atoms with Gasteiger partial charge in [0.15, 0.2) is 0 Å². The summed E-state index contributed by atoms with van der Waals surface area (Å²) in [6.07, 6.45) is 0. The standard InChI is InChI=1S/C16H19N3O3S/c1-11(14-7-4-8-23-14)18-15(20)10-17-16(21)19-12-5-3-6-13(9-12)22-2/h3-9,11H,10H2,1-2H3,(H,18,20)(H2,17,19,21)/t11-/m0/s1. The molecule has 2 aromatic rings. The Kier molecular flexibility index (Phi) is 5.99. The number of thiophene rings is 1. The lowest BCUT2D eigenvalue weighted by atomic mass is 10.3. The minimum absolute atomic E-state index is 0.0780. The van der Waals surface area contributed by atoms with E-state index in [1.54, 1.807) is 42.7 Å². The Labute approximate surface area is 138 Å². The van der Waals surface area contributed by atoms with Gasteiger partial charge in [0.1, 0.15) is 5.75 Å². The predicted molar refractivity (Wildman–Crippen MR) is 90.9 cm³/mol. The number of nitrogens with one attached hydrogen (secondary N) is 3. The molecular weight excluding hydrogens is 314 g/mol. The Balaban J connectivity index is 1.76. The lowest BCUT2D eigenvalue weighted by molar-refractivity contribution is -0.120. The van der Waals surface area contributed by atoms with Crippen LogP contribution >= 0.6 is 11.3 Å². The number of methoxy groups -OCH3 is 1. The normalized spacial score (nSPS) is 11.4.